The second kappa shape index (κ2) is 6.49. The Kier molecular flexibility index (Phi) is 4.05. The van der Waals surface area contributed by atoms with Gasteiger partial charge in [0.15, 0.2) is 0 Å². The lowest BCUT2D eigenvalue weighted by Crippen LogP contribution is -2.49. The molecule has 3 saturated heterocycles. The van der Waals surface area contributed by atoms with Crippen LogP contribution in [0.4, 0.5) is 20.5 Å². The van der Waals surface area contributed by atoms with E-state index in [2.05, 4.69) is 47.3 Å². The van der Waals surface area contributed by atoms with Gasteiger partial charge in [-0.25, -0.2) is 13.8 Å². The Morgan fingerprint density at radius 3 is 2.47 bits per heavy atom. The third kappa shape index (κ3) is 3.04. The monoisotopic (exact) mass is 413 g/mol. The minimum absolute atomic E-state index is 0.0560. The van der Waals surface area contributed by atoms with Gasteiger partial charge in [0, 0.05) is 54.9 Å². The smallest absolute Gasteiger partial charge is 0.252 e. The van der Waals surface area contributed by atoms with E-state index in [1.165, 1.54) is 12.8 Å². The van der Waals surface area contributed by atoms with Crippen LogP contribution in [0, 0.1) is 18.8 Å². The lowest BCUT2D eigenvalue weighted by Gasteiger charge is -2.41. The van der Waals surface area contributed by atoms with Gasteiger partial charge in [-0.05, 0) is 57.4 Å². The van der Waals surface area contributed by atoms with E-state index in [-0.39, 0.29) is 12.3 Å². The van der Waals surface area contributed by atoms with Gasteiger partial charge in [-0.1, -0.05) is 6.07 Å². The molecule has 0 radical (unpaired) electrons. The summed E-state index contributed by atoms with van der Waals surface area (Å²) >= 11 is 0. The number of aryl methyl sites for hydroxylation is 1. The maximum atomic E-state index is 13.5. The van der Waals surface area contributed by atoms with E-state index >= 15 is 0 Å². The van der Waals surface area contributed by atoms with Crippen LogP contribution < -0.4 is 10.2 Å². The first-order valence-electron chi connectivity index (χ1n) is 11.3. The van der Waals surface area contributed by atoms with Gasteiger partial charge in [0.2, 0.25) is 5.95 Å². The van der Waals surface area contributed by atoms with Crippen LogP contribution in [0.15, 0.2) is 18.2 Å². The van der Waals surface area contributed by atoms with Gasteiger partial charge in [-0.2, -0.15) is 4.98 Å². The van der Waals surface area contributed by atoms with Crippen LogP contribution >= 0.6 is 0 Å². The van der Waals surface area contributed by atoms with Gasteiger partial charge in [0.05, 0.1) is 5.52 Å². The Morgan fingerprint density at radius 1 is 1.10 bits per heavy atom. The summed E-state index contributed by atoms with van der Waals surface area (Å²) in [4.78, 5) is 14.4. The molecular weight excluding hydrogens is 384 g/mol. The van der Waals surface area contributed by atoms with Gasteiger partial charge >= 0.3 is 0 Å². The summed E-state index contributed by atoms with van der Waals surface area (Å²) in [7, 11) is 2.25. The van der Waals surface area contributed by atoms with Crippen molar-refractivity contribution in [3.63, 3.8) is 0 Å². The molecule has 2 bridgehead atoms. The molecular formula is C23H29F2N5. The van der Waals surface area contributed by atoms with Gasteiger partial charge in [0.25, 0.3) is 5.92 Å². The fraction of sp³-hybridized carbons (Fsp3) is 0.652. The zero-order chi connectivity index (χ0) is 20.6. The molecule has 30 heavy (non-hydrogen) atoms. The van der Waals surface area contributed by atoms with E-state index in [1.807, 2.05) is 0 Å². The molecule has 6 rings (SSSR count). The highest BCUT2D eigenvalue weighted by atomic mass is 19.3. The molecule has 160 valence electrons. The number of alkyl halides is 2. The molecule has 4 fully saturated rings. The van der Waals surface area contributed by atoms with Crippen molar-refractivity contribution in [3.05, 3.63) is 23.8 Å². The molecule has 0 spiro atoms. The molecule has 1 aromatic heterocycles. The number of benzene rings is 1. The SMILES string of the molecule is Cc1ccc2c(N3CC(C4CC4(F)F)C3)nc(NC3CC4CCC(C3)N4C)nc2c1. The van der Waals surface area contributed by atoms with E-state index in [1.54, 1.807) is 0 Å². The van der Waals surface area contributed by atoms with Crippen LogP contribution in [0.5, 0.6) is 0 Å². The summed E-state index contributed by atoms with van der Waals surface area (Å²) in [6.45, 7) is 3.40. The number of nitrogens with zero attached hydrogens (tertiary/aromatic N) is 4. The second-order valence-corrected chi connectivity index (χ2v) is 9.99. The minimum atomic E-state index is -2.44. The Morgan fingerprint density at radius 2 is 1.80 bits per heavy atom. The highest BCUT2D eigenvalue weighted by molar-refractivity contribution is 5.91. The third-order valence-corrected chi connectivity index (χ3v) is 7.92. The standard InChI is InChI=1S/C23H29F2N5/c1-13-3-6-18-20(7-13)27-22(26-15-8-16-4-5-17(9-15)29(16)2)28-21(18)30-11-14(12-30)19-10-23(19,24)25/h3,6-7,14-17,19H,4-5,8-12H2,1-2H3,(H,26,27,28). The van der Waals surface area contributed by atoms with E-state index in [0.717, 1.165) is 35.1 Å². The number of hydrogen-bond donors (Lipinski definition) is 1. The number of hydrogen-bond acceptors (Lipinski definition) is 5. The number of rotatable bonds is 4. The fourth-order valence-electron chi connectivity index (χ4n) is 5.93. The molecule has 0 amide bonds. The van der Waals surface area contributed by atoms with Crippen molar-refractivity contribution in [1.29, 1.82) is 0 Å². The maximum Gasteiger partial charge on any atom is 0.252 e. The normalized spacial score (nSPS) is 33.0. The van der Waals surface area contributed by atoms with Gasteiger partial charge in [0.1, 0.15) is 5.82 Å². The number of aromatic nitrogens is 2. The first-order chi connectivity index (χ1) is 14.4. The molecule has 3 unspecified atom stereocenters. The summed E-state index contributed by atoms with van der Waals surface area (Å²) in [6.07, 6.45) is 4.87. The van der Waals surface area contributed by atoms with Crippen LogP contribution in [0.25, 0.3) is 10.9 Å². The predicted octanol–water partition coefficient (Wildman–Crippen LogP) is 4.07. The Labute approximate surface area is 175 Å². The first-order valence-corrected chi connectivity index (χ1v) is 11.3. The number of anilines is 2. The van der Waals surface area contributed by atoms with Crippen LogP contribution in [-0.4, -0.2) is 59.1 Å². The molecule has 3 atom stereocenters. The molecule has 4 heterocycles. The van der Waals surface area contributed by atoms with Gasteiger partial charge in [-0.15, -0.1) is 0 Å². The van der Waals surface area contributed by atoms with Crippen molar-refractivity contribution < 1.29 is 8.78 Å². The lowest BCUT2D eigenvalue weighted by atomic mass is 9.94. The summed E-state index contributed by atoms with van der Waals surface area (Å²) in [5, 5.41) is 4.63. The van der Waals surface area contributed by atoms with E-state index in [9.17, 15) is 8.78 Å². The van der Waals surface area contributed by atoms with Crippen molar-refractivity contribution in [3.8, 4) is 0 Å². The molecule has 2 aromatic rings. The summed E-state index contributed by atoms with van der Waals surface area (Å²) in [6, 6.07) is 7.93. The molecule has 1 saturated carbocycles. The maximum absolute atomic E-state index is 13.5. The second-order valence-electron chi connectivity index (χ2n) is 9.99. The Hall–Kier alpha value is -2.02. The Bertz CT molecular complexity index is 975. The van der Waals surface area contributed by atoms with Crippen LogP contribution in [0.1, 0.15) is 37.7 Å². The summed E-state index contributed by atoms with van der Waals surface area (Å²) < 4.78 is 26.9. The minimum Gasteiger partial charge on any atom is -0.355 e. The molecule has 1 aliphatic carbocycles. The number of halogens is 2. The van der Waals surface area contributed by atoms with E-state index in [4.69, 9.17) is 9.97 Å². The van der Waals surface area contributed by atoms with Crippen molar-refractivity contribution in [2.45, 2.75) is 63.1 Å². The molecule has 1 aromatic carbocycles. The van der Waals surface area contributed by atoms with Gasteiger partial charge < -0.3 is 15.1 Å². The summed E-state index contributed by atoms with van der Waals surface area (Å²) in [5.74, 6) is -1.23. The average molecular weight is 414 g/mol. The van der Waals surface area contributed by atoms with E-state index in [0.29, 0.717) is 37.2 Å². The highest BCUT2D eigenvalue weighted by Gasteiger charge is 2.62. The Balaban J connectivity index is 1.26. The quantitative estimate of drug-likeness (QED) is 0.819. The average Bonchev–Trinajstić information content (AvgIpc) is 3.23. The highest BCUT2D eigenvalue weighted by Crippen LogP contribution is 2.55. The number of nitrogens with one attached hydrogen (secondary N) is 1. The topological polar surface area (TPSA) is 44.3 Å². The zero-order valence-electron chi connectivity index (χ0n) is 17.6. The van der Waals surface area contributed by atoms with Crippen molar-refractivity contribution >= 4 is 22.7 Å². The largest absolute Gasteiger partial charge is 0.355 e. The predicted molar refractivity (Wildman–Crippen MR) is 114 cm³/mol. The van der Waals surface area contributed by atoms with E-state index < -0.39 is 11.8 Å². The molecule has 5 nitrogen and oxygen atoms in total. The summed E-state index contributed by atoms with van der Waals surface area (Å²) in [5.41, 5.74) is 2.09. The van der Waals surface area contributed by atoms with Crippen molar-refractivity contribution in [1.82, 2.24) is 14.9 Å². The molecule has 1 N–H and O–H groups in total. The van der Waals surface area contributed by atoms with Crippen LogP contribution in [0.2, 0.25) is 0 Å². The molecule has 3 aliphatic heterocycles. The molecule has 4 aliphatic rings. The third-order valence-electron chi connectivity index (χ3n) is 7.92. The fourth-order valence-corrected chi connectivity index (χ4v) is 5.93. The van der Waals surface area contributed by atoms with Crippen molar-refractivity contribution in [2.24, 2.45) is 11.8 Å². The van der Waals surface area contributed by atoms with Crippen molar-refractivity contribution in [2.75, 3.05) is 30.4 Å². The van der Waals surface area contributed by atoms with Gasteiger partial charge in [-0.3, -0.25) is 0 Å². The number of piperidine rings is 1. The molecule has 7 heteroatoms. The lowest BCUT2D eigenvalue weighted by molar-refractivity contribution is 0.0798. The zero-order valence-corrected chi connectivity index (χ0v) is 17.6. The number of fused-ring (bicyclic) bond motifs is 3. The van der Waals surface area contributed by atoms with Crippen LogP contribution in [-0.2, 0) is 0 Å². The van der Waals surface area contributed by atoms with Crippen LogP contribution in [0.3, 0.4) is 0 Å². The first kappa shape index (κ1) is 18.7.